The number of fused-ring (bicyclic) bond motifs is 1. The molecule has 0 bridgehead atoms. The van der Waals surface area contributed by atoms with Gasteiger partial charge in [0.1, 0.15) is 41.9 Å². The number of carbonyl (C=O) groups excluding carboxylic acids is 1. The van der Waals surface area contributed by atoms with Gasteiger partial charge in [0.15, 0.2) is 11.4 Å². The molecule has 3 aromatic rings. The van der Waals surface area contributed by atoms with Crippen molar-refractivity contribution in [2.75, 3.05) is 25.5 Å². The van der Waals surface area contributed by atoms with Crippen molar-refractivity contribution in [2.45, 2.75) is 64.1 Å². The van der Waals surface area contributed by atoms with Crippen LogP contribution < -0.4 is 15.3 Å². The molecular formula is C28H39N6O8P. The van der Waals surface area contributed by atoms with Gasteiger partial charge in [-0.25, -0.2) is 14.1 Å². The number of aliphatic hydroxyl groups is 2. The summed E-state index contributed by atoms with van der Waals surface area (Å²) in [6, 6.07) is 10.5. The van der Waals surface area contributed by atoms with Crippen LogP contribution in [-0.2, 0) is 29.0 Å². The monoisotopic (exact) mass is 618 g/mol. The van der Waals surface area contributed by atoms with Crippen LogP contribution in [0.2, 0.25) is 0 Å². The van der Waals surface area contributed by atoms with E-state index in [2.05, 4.69) is 26.9 Å². The Morgan fingerprint density at radius 2 is 2.00 bits per heavy atom. The van der Waals surface area contributed by atoms with Gasteiger partial charge in [0, 0.05) is 0 Å². The molecule has 43 heavy (non-hydrogen) atoms. The van der Waals surface area contributed by atoms with E-state index < -0.39 is 50.3 Å². The third-order valence-corrected chi connectivity index (χ3v) is 8.63. The predicted octanol–water partition coefficient (Wildman–Crippen LogP) is 2.49. The zero-order chi connectivity index (χ0) is 31.4. The van der Waals surface area contributed by atoms with E-state index in [1.165, 1.54) is 17.8 Å². The van der Waals surface area contributed by atoms with Crippen molar-refractivity contribution in [1.82, 2.24) is 19.7 Å². The zero-order valence-electron chi connectivity index (χ0n) is 24.6. The topological polar surface area (TPSA) is 192 Å². The Kier molecular flexibility index (Phi) is 9.90. The molecule has 1 unspecified atom stereocenters. The Hall–Kier alpha value is -3.39. The number of aromatic nitrogens is 3. The lowest BCUT2D eigenvalue weighted by molar-refractivity contribution is -0.146. The fraction of sp³-hybridized carbons (Fsp3) is 0.500. The van der Waals surface area contributed by atoms with E-state index >= 15 is 0 Å². The average molecular weight is 619 g/mol. The number of aliphatic imine (C=N–C) groups is 1. The summed E-state index contributed by atoms with van der Waals surface area (Å²) in [5, 5.41) is 29.1. The van der Waals surface area contributed by atoms with E-state index in [9.17, 15) is 19.6 Å². The predicted molar refractivity (Wildman–Crippen MR) is 159 cm³/mol. The minimum absolute atomic E-state index is 0.0402. The van der Waals surface area contributed by atoms with Crippen molar-refractivity contribution in [1.29, 1.82) is 0 Å². The molecule has 14 nitrogen and oxygen atoms in total. The molecule has 0 radical (unpaired) electrons. The molecule has 2 aromatic heterocycles. The quantitative estimate of drug-likeness (QED) is 0.124. The lowest BCUT2D eigenvalue weighted by Crippen LogP contribution is -2.44. The molecule has 5 N–H and O–H groups in total. The van der Waals surface area contributed by atoms with Crippen LogP contribution in [0.1, 0.15) is 39.8 Å². The van der Waals surface area contributed by atoms with Crippen LogP contribution in [0.15, 0.2) is 53.8 Å². The molecule has 1 aromatic carbocycles. The van der Waals surface area contributed by atoms with Gasteiger partial charge in [-0.1, -0.05) is 39.0 Å². The average Bonchev–Trinajstić information content (AvgIpc) is 3.49. The maximum Gasteiger partial charge on any atom is 0.459 e. The minimum atomic E-state index is -4.28. The van der Waals surface area contributed by atoms with Crippen LogP contribution in [0.3, 0.4) is 0 Å². The van der Waals surface area contributed by atoms with Crippen LogP contribution in [0.25, 0.3) is 5.52 Å². The Bertz CT molecular complexity index is 1460. The van der Waals surface area contributed by atoms with Crippen molar-refractivity contribution in [3.63, 3.8) is 0 Å². The number of rotatable bonds is 13. The molecular weight excluding hydrogens is 579 g/mol. The molecule has 15 heteroatoms. The highest BCUT2D eigenvalue weighted by Gasteiger charge is 2.57. The fourth-order valence-electron chi connectivity index (χ4n) is 4.64. The number of para-hydroxylation sites is 1. The third-order valence-electron chi connectivity index (χ3n) is 6.99. The number of carbonyl (C=O) groups is 1. The van der Waals surface area contributed by atoms with Crippen LogP contribution in [0, 0.1) is 5.41 Å². The number of anilines is 1. The summed E-state index contributed by atoms with van der Waals surface area (Å²) in [7, 11) is -4.28. The molecule has 4 rings (SSSR count). The first-order valence-electron chi connectivity index (χ1n) is 13.8. The summed E-state index contributed by atoms with van der Waals surface area (Å²) < 4.78 is 38.4. The van der Waals surface area contributed by atoms with Crippen LogP contribution >= 0.6 is 7.75 Å². The van der Waals surface area contributed by atoms with Crippen molar-refractivity contribution >= 4 is 31.8 Å². The normalized spacial score (nSPS) is 24.4. The number of nitrogens with two attached hydrogens (primary N) is 1. The number of nitrogens with one attached hydrogen (secondary N) is 1. The summed E-state index contributed by atoms with van der Waals surface area (Å²) in [6.45, 7) is 10.6. The maximum absolute atomic E-state index is 14.0. The van der Waals surface area contributed by atoms with Crippen LogP contribution in [-0.4, -0.2) is 81.6 Å². The van der Waals surface area contributed by atoms with Gasteiger partial charge in [-0.05, 0) is 49.7 Å². The van der Waals surface area contributed by atoms with E-state index in [1.54, 1.807) is 42.5 Å². The second-order valence-electron chi connectivity index (χ2n) is 11.6. The van der Waals surface area contributed by atoms with Gasteiger partial charge in [-0.2, -0.15) is 10.2 Å². The molecule has 3 heterocycles. The Balaban J connectivity index is 1.54. The minimum Gasteiger partial charge on any atom is -0.465 e. The molecule has 1 saturated heterocycles. The smallest absolute Gasteiger partial charge is 0.459 e. The molecule has 1 aliphatic rings. The first-order valence-corrected chi connectivity index (χ1v) is 15.3. The molecule has 1 aliphatic heterocycles. The van der Waals surface area contributed by atoms with Crippen molar-refractivity contribution in [3.05, 3.63) is 54.5 Å². The number of aliphatic hydroxyl groups excluding tert-OH is 2. The van der Waals surface area contributed by atoms with Gasteiger partial charge in [0.05, 0.1) is 25.5 Å². The number of ether oxygens (including phenoxy) is 2. The fourth-order valence-corrected chi connectivity index (χ4v) is 6.14. The largest absolute Gasteiger partial charge is 0.465 e. The summed E-state index contributed by atoms with van der Waals surface area (Å²) in [4.78, 5) is 20.6. The molecule has 0 spiro atoms. The van der Waals surface area contributed by atoms with E-state index in [0.29, 0.717) is 17.6 Å². The highest BCUT2D eigenvalue weighted by atomic mass is 31.2. The van der Waals surface area contributed by atoms with Gasteiger partial charge in [0.2, 0.25) is 0 Å². The van der Waals surface area contributed by atoms with Crippen molar-refractivity contribution in [2.24, 2.45) is 10.4 Å². The Morgan fingerprint density at radius 3 is 2.67 bits per heavy atom. The van der Waals surface area contributed by atoms with E-state index in [0.717, 1.165) is 0 Å². The van der Waals surface area contributed by atoms with Gasteiger partial charge < -0.3 is 29.9 Å². The summed E-state index contributed by atoms with van der Waals surface area (Å²) >= 11 is 0. The summed E-state index contributed by atoms with van der Waals surface area (Å²) in [5.41, 5.74) is 5.12. The Labute approximate surface area is 249 Å². The highest BCUT2D eigenvalue weighted by molar-refractivity contribution is 7.52. The maximum atomic E-state index is 14.0. The second kappa shape index (κ2) is 13.1. The third kappa shape index (κ3) is 7.40. The first kappa shape index (κ1) is 32.5. The molecule has 0 aliphatic carbocycles. The van der Waals surface area contributed by atoms with Crippen molar-refractivity contribution < 1.29 is 38.1 Å². The van der Waals surface area contributed by atoms with Gasteiger partial charge in [0.25, 0.3) is 0 Å². The Morgan fingerprint density at radius 1 is 1.28 bits per heavy atom. The number of nitrogens with zero attached hydrogens (tertiary/aromatic N) is 4. The number of hydrogen-bond acceptors (Lipinski definition) is 12. The summed E-state index contributed by atoms with van der Waals surface area (Å²) in [6.07, 6.45) is -2.34. The molecule has 0 amide bonds. The standard InChI is InChI=1S/C28H39N6O8P/c1-18(26(37)39-14-13-27(2,3)4)33-43(38,42-19-9-7-6-8-10-19)40-15-21-23(35)24(36)28(41-21,16-30-5)22-12-11-20-25(29)31-17-32-34(20)22/h6-12,17-18,21,23-24,35-36H,5,13-16H2,1-4H3,(H,33,38)(H2,29,31,32)/t18-,21+,23+,24+,28-,43?/m0/s1. The molecule has 6 atom stereocenters. The van der Waals surface area contributed by atoms with E-state index in [1.807, 2.05) is 20.8 Å². The van der Waals surface area contributed by atoms with Gasteiger partial charge in [-0.15, -0.1) is 0 Å². The lowest BCUT2D eigenvalue weighted by atomic mass is 9.91. The number of hydrogen-bond donors (Lipinski definition) is 4. The summed E-state index contributed by atoms with van der Waals surface area (Å²) in [5.74, 6) is -0.233. The van der Waals surface area contributed by atoms with Crippen LogP contribution in [0.4, 0.5) is 5.82 Å². The first-order chi connectivity index (χ1) is 20.3. The van der Waals surface area contributed by atoms with Gasteiger partial charge in [-0.3, -0.25) is 14.3 Å². The van der Waals surface area contributed by atoms with Crippen LogP contribution in [0.5, 0.6) is 5.75 Å². The number of benzene rings is 1. The lowest BCUT2D eigenvalue weighted by Gasteiger charge is -2.30. The number of nitrogen functional groups attached to an aromatic ring is 1. The highest BCUT2D eigenvalue weighted by Crippen LogP contribution is 2.47. The molecule has 1 fully saturated rings. The zero-order valence-corrected chi connectivity index (χ0v) is 25.5. The second-order valence-corrected chi connectivity index (χ2v) is 13.2. The number of esters is 1. The molecule has 234 valence electrons. The van der Waals surface area contributed by atoms with Gasteiger partial charge >= 0.3 is 13.7 Å². The molecule has 0 saturated carbocycles. The van der Waals surface area contributed by atoms with E-state index in [-0.39, 0.29) is 30.1 Å². The van der Waals surface area contributed by atoms with Crippen molar-refractivity contribution in [3.8, 4) is 5.75 Å². The SMILES string of the molecule is C=NC[C@@]1(c2ccc3c(N)ncnn23)O[C@H](COP(=O)(N[C@@H](C)C(=O)OCCC(C)(C)C)Oc2ccccc2)[C@@H](O)[C@H]1O. The van der Waals surface area contributed by atoms with E-state index in [4.69, 9.17) is 24.3 Å².